The van der Waals surface area contributed by atoms with Crippen molar-refractivity contribution in [1.82, 2.24) is 10.3 Å². The molecule has 0 saturated heterocycles. The molecule has 2 aromatic rings. The summed E-state index contributed by atoms with van der Waals surface area (Å²) in [5.74, 6) is 1.23. The summed E-state index contributed by atoms with van der Waals surface area (Å²) in [6.07, 6.45) is 1.05. The van der Waals surface area contributed by atoms with Crippen molar-refractivity contribution < 1.29 is 13.9 Å². The van der Waals surface area contributed by atoms with Crippen LogP contribution in [0.25, 0.3) is 10.8 Å². The number of aromatic nitrogens is 1. The minimum atomic E-state index is -0.0461. The molecule has 5 nitrogen and oxygen atoms in total. The Morgan fingerprint density at radius 1 is 1.55 bits per heavy atom. The smallest absolute Gasteiger partial charge is 0.236 e. The molecule has 1 N–H and O–H groups in total. The molecule has 2 aromatic heterocycles. The maximum atomic E-state index is 11.8. The third-order valence-electron chi connectivity index (χ3n) is 2.80. The van der Waals surface area contributed by atoms with E-state index in [1.54, 1.807) is 18.4 Å². The number of ether oxygens (including phenoxy) is 1. The summed E-state index contributed by atoms with van der Waals surface area (Å²) in [5.41, 5.74) is 0.692. The lowest BCUT2D eigenvalue weighted by atomic mass is 10.2. The molecule has 0 radical (unpaired) electrons. The van der Waals surface area contributed by atoms with Gasteiger partial charge in [-0.1, -0.05) is 6.07 Å². The summed E-state index contributed by atoms with van der Waals surface area (Å²) in [5, 5.41) is 4.81. The Kier molecular flexibility index (Phi) is 5.31. The average Bonchev–Trinajstić information content (AvgIpc) is 3.05. The van der Waals surface area contributed by atoms with Gasteiger partial charge in [-0.3, -0.25) is 4.79 Å². The normalized spacial score (nSPS) is 10.7. The van der Waals surface area contributed by atoms with Crippen LogP contribution >= 0.6 is 11.3 Å². The van der Waals surface area contributed by atoms with Crippen molar-refractivity contribution in [2.75, 3.05) is 20.3 Å². The number of hydrogen-bond donors (Lipinski definition) is 1. The second kappa shape index (κ2) is 7.21. The van der Waals surface area contributed by atoms with E-state index in [1.165, 1.54) is 0 Å². The van der Waals surface area contributed by atoms with E-state index in [9.17, 15) is 4.79 Å². The first-order valence-electron chi connectivity index (χ1n) is 6.46. The number of amides is 1. The second-order valence-corrected chi connectivity index (χ2v) is 5.32. The molecule has 0 atom stereocenters. The molecule has 2 heterocycles. The first-order valence-corrected chi connectivity index (χ1v) is 7.34. The van der Waals surface area contributed by atoms with Crippen LogP contribution in [-0.4, -0.2) is 31.2 Å². The van der Waals surface area contributed by atoms with Gasteiger partial charge >= 0.3 is 0 Å². The monoisotopic (exact) mass is 294 g/mol. The number of oxazole rings is 1. The first-order chi connectivity index (χ1) is 9.70. The molecule has 0 aliphatic heterocycles. The second-order valence-electron chi connectivity index (χ2n) is 4.37. The number of thiophene rings is 1. The number of nitrogens with one attached hydrogen (secondary N) is 1. The van der Waals surface area contributed by atoms with Crippen molar-refractivity contribution in [3.8, 4) is 10.8 Å². The summed E-state index contributed by atoms with van der Waals surface area (Å²) in [4.78, 5) is 17.2. The zero-order valence-corrected chi connectivity index (χ0v) is 12.5. The zero-order valence-electron chi connectivity index (χ0n) is 11.6. The van der Waals surface area contributed by atoms with Gasteiger partial charge in [-0.15, -0.1) is 11.3 Å². The van der Waals surface area contributed by atoms with Gasteiger partial charge < -0.3 is 14.5 Å². The standard InChI is InChI=1S/C14H18N2O3S/c1-10-11(9-13(17)15-6-4-7-18-2)16-14(19-10)12-5-3-8-20-12/h3,5,8H,4,6-7,9H2,1-2H3,(H,15,17). The number of rotatable bonds is 7. The van der Waals surface area contributed by atoms with Crippen molar-refractivity contribution in [3.05, 3.63) is 29.0 Å². The molecule has 0 aromatic carbocycles. The Hall–Kier alpha value is -1.66. The van der Waals surface area contributed by atoms with Gasteiger partial charge in [0.25, 0.3) is 0 Å². The number of carbonyl (C=O) groups excluding carboxylic acids is 1. The molecule has 0 spiro atoms. The van der Waals surface area contributed by atoms with Gasteiger partial charge in [0.2, 0.25) is 11.8 Å². The van der Waals surface area contributed by atoms with Gasteiger partial charge in [0.1, 0.15) is 5.76 Å². The maximum absolute atomic E-state index is 11.8. The van der Waals surface area contributed by atoms with Crippen molar-refractivity contribution in [3.63, 3.8) is 0 Å². The highest BCUT2D eigenvalue weighted by Gasteiger charge is 2.14. The summed E-state index contributed by atoms with van der Waals surface area (Å²) < 4.78 is 10.5. The number of aryl methyl sites for hydroxylation is 1. The van der Waals surface area contributed by atoms with Crippen LogP contribution in [0.5, 0.6) is 0 Å². The van der Waals surface area contributed by atoms with E-state index in [0.717, 1.165) is 11.3 Å². The number of nitrogens with zero attached hydrogens (tertiary/aromatic N) is 1. The van der Waals surface area contributed by atoms with Crippen LogP contribution in [-0.2, 0) is 16.0 Å². The molecular weight excluding hydrogens is 276 g/mol. The summed E-state index contributed by atoms with van der Waals surface area (Å²) >= 11 is 1.57. The van der Waals surface area contributed by atoms with Crippen LogP contribution in [0.2, 0.25) is 0 Å². The summed E-state index contributed by atoms with van der Waals surface area (Å²) in [7, 11) is 1.65. The maximum Gasteiger partial charge on any atom is 0.236 e. The van der Waals surface area contributed by atoms with Crippen molar-refractivity contribution in [2.24, 2.45) is 0 Å². The summed E-state index contributed by atoms with van der Waals surface area (Å²) in [6, 6.07) is 3.90. The van der Waals surface area contributed by atoms with Gasteiger partial charge in [0.15, 0.2) is 0 Å². The van der Waals surface area contributed by atoms with Gasteiger partial charge in [0.05, 0.1) is 17.0 Å². The van der Waals surface area contributed by atoms with Gasteiger partial charge in [-0.25, -0.2) is 4.98 Å². The average molecular weight is 294 g/mol. The highest BCUT2D eigenvalue weighted by atomic mass is 32.1. The van der Waals surface area contributed by atoms with Crippen LogP contribution in [0.15, 0.2) is 21.9 Å². The van der Waals surface area contributed by atoms with Crippen molar-refractivity contribution in [2.45, 2.75) is 19.8 Å². The molecule has 2 rings (SSSR count). The third-order valence-corrected chi connectivity index (χ3v) is 3.66. The topological polar surface area (TPSA) is 64.4 Å². The molecule has 6 heteroatoms. The van der Waals surface area contributed by atoms with Gasteiger partial charge in [-0.2, -0.15) is 0 Å². The van der Waals surface area contributed by atoms with E-state index >= 15 is 0 Å². The van der Waals surface area contributed by atoms with Crippen LogP contribution in [0, 0.1) is 6.92 Å². The lowest BCUT2D eigenvalue weighted by Gasteiger charge is -2.03. The molecule has 20 heavy (non-hydrogen) atoms. The fourth-order valence-electron chi connectivity index (χ4n) is 1.76. The Morgan fingerprint density at radius 2 is 2.40 bits per heavy atom. The predicted octanol–water partition coefficient (Wildman–Crippen LogP) is 2.41. The molecule has 0 saturated carbocycles. The number of hydrogen-bond acceptors (Lipinski definition) is 5. The Balaban J connectivity index is 1.91. The fourth-order valence-corrected chi connectivity index (χ4v) is 2.41. The quantitative estimate of drug-likeness (QED) is 0.796. The third kappa shape index (κ3) is 3.91. The highest BCUT2D eigenvalue weighted by Crippen LogP contribution is 2.25. The largest absolute Gasteiger partial charge is 0.440 e. The van der Waals surface area contributed by atoms with E-state index in [1.807, 2.05) is 24.4 Å². The number of methoxy groups -OCH3 is 1. The predicted molar refractivity (Wildman–Crippen MR) is 77.8 cm³/mol. The molecule has 108 valence electrons. The van der Waals surface area contributed by atoms with Crippen molar-refractivity contribution in [1.29, 1.82) is 0 Å². The molecule has 0 aliphatic rings. The molecule has 1 amide bonds. The Labute approximate surface area is 122 Å². The van der Waals surface area contributed by atoms with Crippen LogP contribution in [0.4, 0.5) is 0 Å². The molecular formula is C14H18N2O3S. The minimum Gasteiger partial charge on any atom is -0.440 e. The fraction of sp³-hybridized carbons (Fsp3) is 0.429. The Morgan fingerprint density at radius 3 is 3.10 bits per heavy atom. The van der Waals surface area contributed by atoms with E-state index in [2.05, 4.69) is 10.3 Å². The van der Waals surface area contributed by atoms with E-state index in [0.29, 0.717) is 30.5 Å². The first kappa shape index (κ1) is 14.7. The van der Waals surface area contributed by atoms with Gasteiger partial charge in [0, 0.05) is 20.3 Å². The SMILES string of the molecule is COCCCNC(=O)Cc1nc(-c2cccs2)oc1C. The lowest BCUT2D eigenvalue weighted by molar-refractivity contribution is -0.120. The molecule has 0 unspecified atom stereocenters. The minimum absolute atomic E-state index is 0.0461. The van der Waals surface area contributed by atoms with Crippen molar-refractivity contribution >= 4 is 17.2 Å². The van der Waals surface area contributed by atoms with Crippen LogP contribution < -0.4 is 5.32 Å². The molecule has 0 bridgehead atoms. The van der Waals surface area contributed by atoms with E-state index in [-0.39, 0.29) is 12.3 Å². The van der Waals surface area contributed by atoms with Crippen LogP contribution in [0.1, 0.15) is 17.9 Å². The van der Waals surface area contributed by atoms with Crippen LogP contribution in [0.3, 0.4) is 0 Å². The molecule has 0 fully saturated rings. The van der Waals surface area contributed by atoms with E-state index in [4.69, 9.17) is 9.15 Å². The van der Waals surface area contributed by atoms with Gasteiger partial charge in [-0.05, 0) is 24.8 Å². The lowest BCUT2D eigenvalue weighted by Crippen LogP contribution is -2.27. The highest BCUT2D eigenvalue weighted by molar-refractivity contribution is 7.13. The molecule has 0 aliphatic carbocycles. The van der Waals surface area contributed by atoms with E-state index < -0.39 is 0 Å². The number of carbonyl (C=O) groups is 1. The summed E-state index contributed by atoms with van der Waals surface area (Å²) in [6.45, 7) is 3.09. The zero-order chi connectivity index (χ0) is 14.4. The Bertz CT molecular complexity index is 549.